The highest BCUT2D eigenvalue weighted by molar-refractivity contribution is 6.35. The van der Waals surface area contributed by atoms with Crippen LogP contribution < -0.4 is 0 Å². The third kappa shape index (κ3) is 2.04. The van der Waals surface area contributed by atoms with Crippen molar-refractivity contribution in [3.63, 3.8) is 0 Å². The minimum atomic E-state index is -0.784. The first kappa shape index (κ1) is 11.0. The molecule has 0 aliphatic heterocycles. The van der Waals surface area contributed by atoms with Crippen LogP contribution >= 0.6 is 11.6 Å². The number of H-pyrrole nitrogens is 1. The molecule has 4 heteroatoms. The van der Waals surface area contributed by atoms with Crippen molar-refractivity contribution in [1.29, 1.82) is 0 Å². The lowest BCUT2D eigenvalue weighted by atomic mass is 9.97. The average molecular weight is 238 g/mol. The smallest absolute Gasteiger partial charge is 0.303 e. The third-order valence-corrected chi connectivity index (χ3v) is 3.02. The van der Waals surface area contributed by atoms with Crippen molar-refractivity contribution >= 4 is 28.5 Å². The lowest BCUT2D eigenvalue weighted by Gasteiger charge is -2.09. The molecule has 1 aromatic carbocycles. The van der Waals surface area contributed by atoms with Gasteiger partial charge < -0.3 is 10.1 Å². The first-order valence-electron chi connectivity index (χ1n) is 5.06. The van der Waals surface area contributed by atoms with Gasteiger partial charge in [-0.3, -0.25) is 4.79 Å². The molecule has 0 amide bonds. The molecule has 16 heavy (non-hydrogen) atoms. The quantitative estimate of drug-likeness (QED) is 0.860. The fraction of sp³-hybridized carbons (Fsp3) is 0.250. The van der Waals surface area contributed by atoms with Crippen LogP contribution in [0.4, 0.5) is 0 Å². The second-order valence-electron chi connectivity index (χ2n) is 3.94. The number of halogens is 1. The van der Waals surface area contributed by atoms with Gasteiger partial charge in [-0.25, -0.2) is 0 Å². The highest BCUT2D eigenvalue weighted by atomic mass is 35.5. The van der Waals surface area contributed by atoms with Crippen molar-refractivity contribution in [2.45, 2.75) is 19.3 Å². The largest absolute Gasteiger partial charge is 0.481 e. The normalized spacial score (nSPS) is 12.9. The fourth-order valence-corrected chi connectivity index (χ4v) is 2.00. The molecule has 1 atom stereocenters. The molecular weight excluding hydrogens is 226 g/mol. The van der Waals surface area contributed by atoms with Crippen LogP contribution in [-0.4, -0.2) is 16.1 Å². The van der Waals surface area contributed by atoms with E-state index in [0.717, 1.165) is 16.5 Å². The minimum Gasteiger partial charge on any atom is -0.481 e. The second kappa shape index (κ2) is 4.18. The molecule has 0 aliphatic carbocycles. The van der Waals surface area contributed by atoms with Gasteiger partial charge in [-0.05, 0) is 23.6 Å². The number of aromatic amines is 1. The molecule has 0 fully saturated rings. The van der Waals surface area contributed by atoms with Crippen molar-refractivity contribution in [2.24, 2.45) is 0 Å². The Morgan fingerprint density at radius 2 is 2.31 bits per heavy atom. The molecule has 3 nitrogen and oxygen atoms in total. The van der Waals surface area contributed by atoms with Crippen LogP contribution in [0.5, 0.6) is 0 Å². The van der Waals surface area contributed by atoms with Gasteiger partial charge in [0.25, 0.3) is 0 Å². The van der Waals surface area contributed by atoms with Crippen molar-refractivity contribution in [2.75, 3.05) is 0 Å². The average Bonchev–Trinajstić information content (AvgIpc) is 2.59. The van der Waals surface area contributed by atoms with Crippen LogP contribution in [0.3, 0.4) is 0 Å². The summed E-state index contributed by atoms with van der Waals surface area (Å²) in [6, 6.07) is 5.80. The number of hydrogen-bond acceptors (Lipinski definition) is 1. The zero-order valence-electron chi connectivity index (χ0n) is 8.83. The highest BCUT2D eigenvalue weighted by Crippen LogP contribution is 2.28. The van der Waals surface area contributed by atoms with E-state index in [4.69, 9.17) is 16.7 Å². The van der Waals surface area contributed by atoms with Crippen LogP contribution in [0.25, 0.3) is 10.9 Å². The number of rotatable bonds is 3. The monoisotopic (exact) mass is 237 g/mol. The third-order valence-electron chi connectivity index (χ3n) is 2.71. The van der Waals surface area contributed by atoms with E-state index in [1.807, 2.05) is 25.1 Å². The summed E-state index contributed by atoms with van der Waals surface area (Å²) in [6.07, 6.45) is 1.87. The van der Waals surface area contributed by atoms with Crippen LogP contribution in [0.15, 0.2) is 24.4 Å². The summed E-state index contributed by atoms with van der Waals surface area (Å²) in [5.74, 6) is -0.791. The van der Waals surface area contributed by atoms with Gasteiger partial charge >= 0.3 is 5.97 Å². The van der Waals surface area contributed by atoms with E-state index in [9.17, 15) is 4.79 Å². The van der Waals surface area contributed by atoms with Crippen molar-refractivity contribution in [3.05, 3.63) is 35.0 Å². The Morgan fingerprint density at radius 1 is 1.56 bits per heavy atom. The molecule has 84 valence electrons. The van der Waals surface area contributed by atoms with E-state index in [-0.39, 0.29) is 12.3 Å². The molecule has 0 radical (unpaired) electrons. The number of benzene rings is 1. The predicted octanol–water partition coefficient (Wildman–Crippen LogP) is 3.40. The lowest BCUT2D eigenvalue weighted by Crippen LogP contribution is -2.02. The SMILES string of the molecule is CC(CC(=O)O)c1ccc2[nH]cc(Cl)c2c1. The van der Waals surface area contributed by atoms with E-state index in [1.165, 1.54) is 0 Å². The Hall–Kier alpha value is -1.48. The van der Waals surface area contributed by atoms with Gasteiger partial charge in [-0.15, -0.1) is 0 Å². The van der Waals surface area contributed by atoms with Crippen LogP contribution in [-0.2, 0) is 4.79 Å². The van der Waals surface area contributed by atoms with Gasteiger partial charge in [0, 0.05) is 17.1 Å². The maximum atomic E-state index is 10.6. The molecule has 2 N–H and O–H groups in total. The number of carboxylic acid groups (broad SMARTS) is 1. The maximum Gasteiger partial charge on any atom is 0.303 e. The molecule has 2 aromatic rings. The molecule has 0 saturated heterocycles. The number of aromatic nitrogens is 1. The van der Waals surface area contributed by atoms with E-state index in [0.29, 0.717) is 5.02 Å². The van der Waals surface area contributed by atoms with E-state index < -0.39 is 5.97 Å². The lowest BCUT2D eigenvalue weighted by molar-refractivity contribution is -0.137. The number of fused-ring (bicyclic) bond motifs is 1. The summed E-state index contributed by atoms with van der Waals surface area (Å²) in [7, 11) is 0. The zero-order chi connectivity index (χ0) is 11.7. The molecule has 0 spiro atoms. The van der Waals surface area contributed by atoms with Crippen molar-refractivity contribution in [1.82, 2.24) is 4.98 Å². The molecule has 0 saturated carbocycles. The van der Waals surface area contributed by atoms with Gasteiger partial charge in [0.05, 0.1) is 11.4 Å². The van der Waals surface area contributed by atoms with Gasteiger partial charge in [0.1, 0.15) is 0 Å². The van der Waals surface area contributed by atoms with Gasteiger partial charge in [-0.2, -0.15) is 0 Å². The van der Waals surface area contributed by atoms with Crippen LogP contribution in [0, 0.1) is 0 Å². The molecule has 1 aromatic heterocycles. The molecule has 0 aliphatic rings. The topological polar surface area (TPSA) is 53.1 Å². The summed E-state index contributed by atoms with van der Waals surface area (Å²) in [5.41, 5.74) is 1.97. The summed E-state index contributed by atoms with van der Waals surface area (Å²) >= 11 is 6.01. The first-order valence-corrected chi connectivity index (χ1v) is 5.44. The minimum absolute atomic E-state index is 0.00660. The van der Waals surface area contributed by atoms with E-state index in [1.54, 1.807) is 6.20 Å². The van der Waals surface area contributed by atoms with Crippen molar-refractivity contribution < 1.29 is 9.90 Å². The predicted molar refractivity (Wildman–Crippen MR) is 64.0 cm³/mol. The Balaban J connectivity index is 2.38. The van der Waals surface area contributed by atoms with E-state index >= 15 is 0 Å². The number of carbonyl (C=O) groups is 1. The Kier molecular flexibility index (Phi) is 2.88. The van der Waals surface area contributed by atoms with Gasteiger partial charge in [0.15, 0.2) is 0 Å². The fourth-order valence-electron chi connectivity index (χ4n) is 1.79. The summed E-state index contributed by atoms with van der Waals surface area (Å²) in [5, 5.41) is 10.3. The van der Waals surface area contributed by atoms with Crippen LogP contribution in [0.2, 0.25) is 5.02 Å². The number of carboxylic acids is 1. The van der Waals surface area contributed by atoms with Gasteiger partial charge in [0.2, 0.25) is 0 Å². The Labute approximate surface area is 98.0 Å². The number of aliphatic carboxylic acids is 1. The molecule has 1 heterocycles. The summed E-state index contributed by atoms with van der Waals surface area (Å²) in [6.45, 7) is 1.90. The van der Waals surface area contributed by atoms with Crippen molar-refractivity contribution in [3.8, 4) is 0 Å². The molecule has 1 unspecified atom stereocenters. The standard InChI is InChI=1S/C12H12ClNO2/c1-7(4-12(15)16)8-2-3-11-9(5-8)10(13)6-14-11/h2-3,5-7,14H,4H2,1H3,(H,15,16). The number of nitrogens with one attached hydrogen (secondary N) is 1. The molecular formula is C12H12ClNO2. The summed E-state index contributed by atoms with van der Waals surface area (Å²) in [4.78, 5) is 13.7. The molecule has 0 bridgehead atoms. The zero-order valence-corrected chi connectivity index (χ0v) is 9.58. The van der Waals surface area contributed by atoms with Gasteiger partial charge in [-0.1, -0.05) is 24.6 Å². The first-order chi connectivity index (χ1) is 7.58. The van der Waals surface area contributed by atoms with Crippen LogP contribution in [0.1, 0.15) is 24.8 Å². The Morgan fingerprint density at radius 3 is 3.00 bits per heavy atom. The number of hydrogen-bond donors (Lipinski definition) is 2. The summed E-state index contributed by atoms with van der Waals surface area (Å²) < 4.78 is 0. The maximum absolute atomic E-state index is 10.6. The second-order valence-corrected chi connectivity index (χ2v) is 4.35. The molecule has 2 rings (SSSR count). The highest BCUT2D eigenvalue weighted by Gasteiger charge is 2.11. The Bertz CT molecular complexity index is 533. The van der Waals surface area contributed by atoms with E-state index in [2.05, 4.69) is 4.98 Å².